The van der Waals surface area contributed by atoms with Gasteiger partial charge in [0.05, 0.1) is 0 Å². The summed E-state index contributed by atoms with van der Waals surface area (Å²) in [7, 11) is 0. The van der Waals surface area contributed by atoms with Crippen molar-refractivity contribution >= 4 is 32.3 Å². The van der Waals surface area contributed by atoms with Crippen molar-refractivity contribution in [1.29, 1.82) is 0 Å². The van der Waals surface area contributed by atoms with E-state index in [0.29, 0.717) is 0 Å². The average molecular weight is 534 g/mol. The van der Waals surface area contributed by atoms with Gasteiger partial charge in [-0.3, -0.25) is 4.98 Å². The van der Waals surface area contributed by atoms with Crippen molar-refractivity contribution < 1.29 is 0 Å². The summed E-state index contributed by atoms with van der Waals surface area (Å²) in [4.78, 5) is 4.47. The van der Waals surface area contributed by atoms with Gasteiger partial charge in [0.1, 0.15) is 0 Å². The molecule has 0 aliphatic heterocycles. The lowest BCUT2D eigenvalue weighted by atomic mass is 9.84. The van der Waals surface area contributed by atoms with E-state index in [1.54, 1.807) is 0 Å². The molecule has 0 saturated carbocycles. The van der Waals surface area contributed by atoms with Crippen molar-refractivity contribution in [2.24, 2.45) is 0 Å². The third-order valence-electron chi connectivity index (χ3n) is 8.34. The zero-order valence-electron chi connectivity index (χ0n) is 23.0. The number of hydrogen-bond donors (Lipinski definition) is 0. The van der Waals surface area contributed by atoms with Crippen LogP contribution in [0, 0.1) is 0 Å². The SMILES string of the molecule is c1ccc(-c2ccc(-c3cc(-c4c5ccccc5c(-c5cccnc5)c5ccccc45)c4ccccc4c3)cc2)cc1. The second-order valence-electron chi connectivity index (χ2n) is 10.8. The number of rotatable bonds is 4. The molecule has 42 heavy (non-hydrogen) atoms. The molecule has 0 bridgehead atoms. The highest BCUT2D eigenvalue weighted by Gasteiger charge is 2.18. The molecule has 1 heterocycles. The normalized spacial score (nSPS) is 11.3. The first-order valence-electron chi connectivity index (χ1n) is 14.4. The van der Waals surface area contributed by atoms with Crippen LogP contribution in [0.15, 0.2) is 164 Å². The fourth-order valence-corrected chi connectivity index (χ4v) is 6.41. The molecule has 0 saturated heterocycles. The fourth-order valence-electron chi connectivity index (χ4n) is 6.41. The van der Waals surface area contributed by atoms with E-state index in [4.69, 9.17) is 0 Å². The Kier molecular flexibility index (Phi) is 5.86. The predicted octanol–water partition coefficient (Wildman–Crippen LogP) is 11.2. The zero-order chi connectivity index (χ0) is 27.9. The summed E-state index contributed by atoms with van der Waals surface area (Å²) in [5, 5.41) is 7.46. The molecule has 1 heteroatoms. The van der Waals surface area contributed by atoms with Gasteiger partial charge in [-0.1, -0.05) is 133 Å². The van der Waals surface area contributed by atoms with Gasteiger partial charge in [0.2, 0.25) is 0 Å². The maximum Gasteiger partial charge on any atom is 0.0346 e. The third kappa shape index (κ3) is 4.06. The van der Waals surface area contributed by atoms with Gasteiger partial charge < -0.3 is 0 Å². The summed E-state index contributed by atoms with van der Waals surface area (Å²) in [5.41, 5.74) is 9.77. The largest absolute Gasteiger partial charge is 0.264 e. The van der Waals surface area contributed by atoms with E-state index in [2.05, 4.69) is 151 Å². The Morgan fingerprint density at radius 2 is 0.833 bits per heavy atom. The van der Waals surface area contributed by atoms with Crippen molar-refractivity contribution in [2.75, 3.05) is 0 Å². The van der Waals surface area contributed by atoms with Crippen molar-refractivity contribution in [3.8, 4) is 44.5 Å². The highest BCUT2D eigenvalue weighted by atomic mass is 14.6. The van der Waals surface area contributed by atoms with Crippen LogP contribution in [0.3, 0.4) is 0 Å². The standard InChI is InChI=1S/C41H27N/c1-2-11-28(12-3-1)29-20-22-30(23-21-29)33-25-31-13-4-5-15-34(31)39(26-33)41-37-18-8-6-16-35(37)40(32-14-10-24-42-27-32)36-17-7-9-19-38(36)41/h1-27H. The number of nitrogens with zero attached hydrogens (tertiary/aromatic N) is 1. The Labute approximate surface area is 245 Å². The molecule has 8 aromatic rings. The molecule has 0 N–H and O–H groups in total. The molecule has 196 valence electrons. The molecule has 1 aromatic heterocycles. The predicted molar refractivity (Wildman–Crippen MR) is 178 cm³/mol. The van der Waals surface area contributed by atoms with E-state index < -0.39 is 0 Å². The minimum absolute atomic E-state index is 1.13. The van der Waals surface area contributed by atoms with Crippen molar-refractivity contribution in [2.45, 2.75) is 0 Å². The van der Waals surface area contributed by atoms with Gasteiger partial charge in [-0.2, -0.15) is 0 Å². The summed E-state index contributed by atoms with van der Waals surface area (Å²) >= 11 is 0. The molecule has 0 atom stereocenters. The molecule has 0 amide bonds. The maximum absolute atomic E-state index is 4.47. The van der Waals surface area contributed by atoms with Crippen LogP contribution in [0.4, 0.5) is 0 Å². The maximum atomic E-state index is 4.47. The quantitative estimate of drug-likeness (QED) is 0.205. The summed E-state index contributed by atoms with van der Waals surface area (Å²) < 4.78 is 0. The minimum Gasteiger partial charge on any atom is -0.264 e. The van der Waals surface area contributed by atoms with E-state index in [9.17, 15) is 0 Å². The first-order valence-corrected chi connectivity index (χ1v) is 14.4. The summed E-state index contributed by atoms with van der Waals surface area (Å²) in [6, 6.07) is 54.8. The van der Waals surface area contributed by atoms with Crippen molar-refractivity contribution in [3.63, 3.8) is 0 Å². The van der Waals surface area contributed by atoms with Crippen LogP contribution in [0.25, 0.3) is 76.8 Å². The van der Waals surface area contributed by atoms with Gasteiger partial charge in [0.15, 0.2) is 0 Å². The van der Waals surface area contributed by atoms with Crippen LogP contribution in [-0.2, 0) is 0 Å². The molecule has 7 aromatic carbocycles. The van der Waals surface area contributed by atoms with Crippen LogP contribution in [0.2, 0.25) is 0 Å². The van der Waals surface area contributed by atoms with E-state index in [1.807, 2.05) is 18.5 Å². The first kappa shape index (κ1) is 24.3. The Balaban J connectivity index is 1.42. The van der Waals surface area contributed by atoms with Gasteiger partial charge >= 0.3 is 0 Å². The van der Waals surface area contributed by atoms with Crippen LogP contribution in [0.5, 0.6) is 0 Å². The highest BCUT2D eigenvalue weighted by Crippen LogP contribution is 2.46. The first-order chi connectivity index (χ1) is 20.8. The molecule has 0 fully saturated rings. The molecular formula is C41H27N. The second-order valence-corrected chi connectivity index (χ2v) is 10.8. The van der Waals surface area contributed by atoms with Gasteiger partial charge in [-0.05, 0) is 89.5 Å². The minimum atomic E-state index is 1.13. The lowest BCUT2D eigenvalue weighted by Crippen LogP contribution is -1.92. The van der Waals surface area contributed by atoms with Gasteiger partial charge in [-0.25, -0.2) is 0 Å². The van der Waals surface area contributed by atoms with E-state index in [-0.39, 0.29) is 0 Å². The molecular weight excluding hydrogens is 506 g/mol. The lowest BCUT2D eigenvalue weighted by Gasteiger charge is -2.19. The zero-order valence-corrected chi connectivity index (χ0v) is 23.0. The topological polar surface area (TPSA) is 12.9 Å². The van der Waals surface area contributed by atoms with Crippen molar-refractivity contribution in [1.82, 2.24) is 4.98 Å². The Morgan fingerprint density at radius 3 is 1.45 bits per heavy atom. The Bertz CT molecular complexity index is 2160. The molecule has 0 spiro atoms. The molecule has 0 radical (unpaired) electrons. The van der Waals surface area contributed by atoms with Crippen LogP contribution < -0.4 is 0 Å². The highest BCUT2D eigenvalue weighted by molar-refractivity contribution is 6.23. The molecule has 1 nitrogen and oxygen atoms in total. The summed E-state index contributed by atoms with van der Waals surface area (Å²) in [5.74, 6) is 0. The number of aromatic nitrogens is 1. The van der Waals surface area contributed by atoms with E-state index in [1.165, 1.54) is 71.3 Å². The number of pyridine rings is 1. The molecule has 8 rings (SSSR count). The molecule has 0 aliphatic rings. The van der Waals surface area contributed by atoms with Gasteiger partial charge in [0.25, 0.3) is 0 Å². The monoisotopic (exact) mass is 533 g/mol. The summed E-state index contributed by atoms with van der Waals surface area (Å²) in [6.07, 6.45) is 3.81. The smallest absolute Gasteiger partial charge is 0.0346 e. The number of hydrogen-bond acceptors (Lipinski definition) is 1. The van der Waals surface area contributed by atoms with Crippen LogP contribution >= 0.6 is 0 Å². The number of fused-ring (bicyclic) bond motifs is 3. The third-order valence-corrected chi connectivity index (χ3v) is 8.34. The lowest BCUT2D eigenvalue weighted by molar-refractivity contribution is 1.33. The Hall–Kier alpha value is -5.53. The van der Waals surface area contributed by atoms with E-state index >= 15 is 0 Å². The van der Waals surface area contributed by atoms with Gasteiger partial charge in [0, 0.05) is 18.0 Å². The molecule has 0 aliphatic carbocycles. The van der Waals surface area contributed by atoms with E-state index in [0.717, 1.165) is 5.56 Å². The fraction of sp³-hybridized carbons (Fsp3) is 0. The van der Waals surface area contributed by atoms with Crippen LogP contribution in [0.1, 0.15) is 0 Å². The summed E-state index contributed by atoms with van der Waals surface area (Å²) in [6.45, 7) is 0. The average Bonchev–Trinajstić information content (AvgIpc) is 3.07. The molecule has 0 unspecified atom stereocenters. The van der Waals surface area contributed by atoms with Crippen molar-refractivity contribution in [3.05, 3.63) is 164 Å². The second kappa shape index (κ2) is 10.1. The van der Waals surface area contributed by atoms with Gasteiger partial charge in [-0.15, -0.1) is 0 Å². The number of benzene rings is 7. The Morgan fingerprint density at radius 1 is 0.333 bits per heavy atom. The van der Waals surface area contributed by atoms with Crippen LogP contribution in [-0.4, -0.2) is 4.98 Å².